The standard InChI is InChI=1S/C11H19N5O/c1-7-4-13-11(15-12)14-10(7)16-5-8(2)17-9(3)6-16/h4,8-9H,5-6,12H2,1-3H3,(H,13,14,15). The number of nitrogens with zero attached hydrogens (tertiary/aromatic N) is 3. The molecule has 0 aromatic carbocycles. The molecule has 2 atom stereocenters. The molecule has 0 saturated carbocycles. The summed E-state index contributed by atoms with van der Waals surface area (Å²) in [4.78, 5) is 10.7. The van der Waals surface area contributed by atoms with Gasteiger partial charge in [0.2, 0.25) is 5.95 Å². The fourth-order valence-corrected chi connectivity index (χ4v) is 2.17. The molecule has 1 aliphatic rings. The lowest BCUT2D eigenvalue weighted by molar-refractivity contribution is -0.00549. The van der Waals surface area contributed by atoms with E-state index in [1.54, 1.807) is 6.20 Å². The number of hydrazine groups is 1. The highest BCUT2D eigenvalue weighted by atomic mass is 16.5. The van der Waals surface area contributed by atoms with Crippen LogP contribution in [0.2, 0.25) is 0 Å². The molecule has 17 heavy (non-hydrogen) atoms. The number of nitrogens with two attached hydrogens (primary N) is 1. The predicted octanol–water partition coefficient (Wildman–Crippen LogP) is 0.684. The number of nitrogens with one attached hydrogen (secondary N) is 1. The number of hydrogen-bond donors (Lipinski definition) is 2. The average molecular weight is 237 g/mol. The van der Waals surface area contributed by atoms with E-state index in [9.17, 15) is 0 Å². The number of morpholine rings is 1. The highest BCUT2D eigenvalue weighted by molar-refractivity contribution is 5.49. The summed E-state index contributed by atoms with van der Waals surface area (Å²) in [5.74, 6) is 6.70. The van der Waals surface area contributed by atoms with Crippen LogP contribution in [0.1, 0.15) is 19.4 Å². The zero-order valence-electron chi connectivity index (χ0n) is 10.5. The molecule has 0 amide bonds. The minimum absolute atomic E-state index is 0.211. The number of anilines is 2. The number of nitrogen functional groups attached to an aromatic ring is 1. The summed E-state index contributed by atoms with van der Waals surface area (Å²) < 4.78 is 5.71. The predicted molar refractivity (Wildman–Crippen MR) is 66.8 cm³/mol. The summed E-state index contributed by atoms with van der Waals surface area (Å²) in [6.45, 7) is 7.82. The molecule has 0 aliphatic carbocycles. The zero-order valence-corrected chi connectivity index (χ0v) is 10.5. The number of ether oxygens (including phenoxy) is 1. The van der Waals surface area contributed by atoms with Gasteiger partial charge in [-0.15, -0.1) is 0 Å². The van der Waals surface area contributed by atoms with Gasteiger partial charge in [0.1, 0.15) is 5.82 Å². The normalized spacial score (nSPS) is 24.8. The Morgan fingerprint density at radius 2 is 2.06 bits per heavy atom. The Balaban J connectivity index is 2.26. The topological polar surface area (TPSA) is 76.3 Å². The molecule has 1 aromatic heterocycles. The Morgan fingerprint density at radius 3 is 2.65 bits per heavy atom. The maximum absolute atomic E-state index is 5.71. The van der Waals surface area contributed by atoms with Gasteiger partial charge in [0.15, 0.2) is 0 Å². The Labute approximate surface area is 101 Å². The Bertz CT molecular complexity index is 387. The van der Waals surface area contributed by atoms with E-state index in [2.05, 4.69) is 34.1 Å². The Kier molecular flexibility index (Phi) is 3.44. The third kappa shape index (κ3) is 2.65. The Hall–Kier alpha value is -1.40. The van der Waals surface area contributed by atoms with Gasteiger partial charge >= 0.3 is 0 Å². The van der Waals surface area contributed by atoms with Crippen molar-refractivity contribution in [2.45, 2.75) is 33.0 Å². The van der Waals surface area contributed by atoms with Crippen LogP contribution in [0.4, 0.5) is 11.8 Å². The molecular formula is C11H19N5O. The monoisotopic (exact) mass is 237 g/mol. The van der Waals surface area contributed by atoms with Crippen molar-refractivity contribution in [3.05, 3.63) is 11.8 Å². The molecule has 3 N–H and O–H groups in total. The van der Waals surface area contributed by atoms with Crippen molar-refractivity contribution in [1.29, 1.82) is 0 Å². The van der Waals surface area contributed by atoms with Crippen LogP contribution in [-0.4, -0.2) is 35.3 Å². The van der Waals surface area contributed by atoms with Gasteiger partial charge in [-0.2, -0.15) is 4.98 Å². The first-order valence-electron chi connectivity index (χ1n) is 5.81. The fourth-order valence-electron chi connectivity index (χ4n) is 2.17. The van der Waals surface area contributed by atoms with Crippen molar-refractivity contribution in [1.82, 2.24) is 9.97 Å². The smallest absolute Gasteiger partial charge is 0.239 e. The van der Waals surface area contributed by atoms with Crippen molar-refractivity contribution >= 4 is 11.8 Å². The van der Waals surface area contributed by atoms with E-state index in [-0.39, 0.29) is 12.2 Å². The molecule has 94 valence electrons. The molecule has 6 heteroatoms. The summed E-state index contributed by atoms with van der Waals surface area (Å²) in [6, 6.07) is 0. The Morgan fingerprint density at radius 1 is 1.41 bits per heavy atom. The van der Waals surface area contributed by atoms with Crippen LogP contribution in [0.25, 0.3) is 0 Å². The average Bonchev–Trinajstić information content (AvgIpc) is 2.28. The van der Waals surface area contributed by atoms with Crippen molar-refractivity contribution < 1.29 is 4.74 Å². The molecule has 6 nitrogen and oxygen atoms in total. The van der Waals surface area contributed by atoms with Crippen LogP contribution in [-0.2, 0) is 4.74 Å². The first-order chi connectivity index (χ1) is 8.10. The number of aromatic nitrogens is 2. The van der Waals surface area contributed by atoms with Gasteiger partial charge in [-0.3, -0.25) is 5.43 Å². The van der Waals surface area contributed by atoms with E-state index < -0.39 is 0 Å². The maximum atomic E-state index is 5.71. The van der Waals surface area contributed by atoms with E-state index in [0.29, 0.717) is 5.95 Å². The lowest BCUT2D eigenvalue weighted by Gasteiger charge is -2.36. The van der Waals surface area contributed by atoms with E-state index in [0.717, 1.165) is 24.5 Å². The molecule has 2 unspecified atom stereocenters. The maximum Gasteiger partial charge on any atom is 0.239 e. The van der Waals surface area contributed by atoms with Crippen molar-refractivity contribution in [3.8, 4) is 0 Å². The fraction of sp³-hybridized carbons (Fsp3) is 0.636. The second kappa shape index (κ2) is 4.85. The number of rotatable bonds is 2. The first-order valence-corrected chi connectivity index (χ1v) is 5.81. The summed E-state index contributed by atoms with van der Waals surface area (Å²) >= 11 is 0. The van der Waals surface area contributed by atoms with E-state index >= 15 is 0 Å². The lowest BCUT2D eigenvalue weighted by atomic mass is 10.2. The molecule has 2 rings (SSSR count). The zero-order chi connectivity index (χ0) is 12.4. The van der Waals surface area contributed by atoms with Gasteiger partial charge in [-0.05, 0) is 20.8 Å². The summed E-state index contributed by atoms with van der Waals surface area (Å²) in [6.07, 6.45) is 2.20. The van der Waals surface area contributed by atoms with Gasteiger partial charge in [0, 0.05) is 24.8 Å². The minimum Gasteiger partial charge on any atom is -0.372 e. The number of aryl methyl sites for hydroxylation is 1. The van der Waals surface area contributed by atoms with E-state index in [1.807, 2.05) is 6.92 Å². The van der Waals surface area contributed by atoms with Crippen LogP contribution >= 0.6 is 0 Å². The minimum atomic E-state index is 0.211. The van der Waals surface area contributed by atoms with Crippen molar-refractivity contribution in [3.63, 3.8) is 0 Å². The van der Waals surface area contributed by atoms with Gasteiger partial charge in [0.05, 0.1) is 12.2 Å². The second-order valence-electron chi connectivity index (χ2n) is 4.51. The molecule has 1 fully saturated rings. The van der Waals surface area contributed by atoms with Gasteiger partial charge < -0.3 is 9.64 Å². The molecule has 0 radical (unpaired) electrons. The number of hydrogen-bond acceptors (Lipinski definition) is 6. The van der Waals surface area contributed by atoms with Crippen LogP contribution in [0.5, 0.6) is 0 Å². The van der Waals surface area contributed by atoms with E-state index in [4.69, 9.17) is 10.6 Å². The highest BCUT2D eigenvalue weighted by Crippen LogP contribution is 2.22. The van der Waals surface area contributed by atoms with Gasteiger partial charge in [-0.25, -0.2) is 10.8 Å². The molecule has 1 aromatic rings. The molecule has 0 bridgehead atoms. The molecule has 1 saturated heterocycles. The summed E-state index contributed by atoms with van der Waals surface area (Å²) in [7, 11) is 0. The second-order valence-corrected chi connectivity index (χ2v) is 4.51. The van der Waals surface area contributed by atoms with Crippen LogP contribution in [0, 0.1) is 6.92 Å². The van der Waals surface area contributed by atoms with Gasteiger partial charge in [-0.1, -0.05) is 0 Å². The molecule has 2 heterocycles. The summed E-state index contributed by atoms with van der Waals surface area (Å²) in [5, 5.41) is 0. The van der Waals surface area contributed by atoms with Crippen LogP contribution in [0.3, 0.4) is 0 Å². The SMILES string of the molecule is Cc1cnc(NN)nc1N1CC(C)OC(C)C1. The molecular weight excluding hydrogens is 218 g/mol. The van der Waals surface area contributed by atoms with Gasteiger partial charge in [0.25, 0.3) is 0 Å². The van der Waals surface area contributed by atoms with Crippen LogP contribution in [0.15, 0.2) is 6.20 Å². The highest BCUT2D eigenvalue weighted by Gasteiger charge is 2.24. The summed E-state index contributed by atoms with van der Waals surface area (Å²) in [5.41, 5.74) is 3.52. The van der Waals surface area contributed by atoms with Crippen molar-refractivity contribution in [2.24, 2.45) is 5.84 Å². The molecule has 1 aliphatic heterocycles. The van der Waals surface area contributed by atoms with Crippen LogP contribution < -0.4 is 16.2 Å². The quantitative estimate of drug-likeness (QED) is 0.582. The largest absolute Gasteiger partial charge is 0.372 e. The molecule has 0 spiro atoms. The first kappa shape index (κ1) is 12.1. The van der Waals surface area contributed by atoms with Crippen molar-refractivity contribution in [2.75, 3.05) is 23.4 Å². The van der Waals surface area contributed by atoms with E-state index in [1.165, 1.54) is 0 Å². The third-order valence-electron chi connectivity index (χ3n) is 2.79. The third-order valence-corrected chi connectivity index (χ3v) is 2.79. The lowest BCUT2D eigenvalue weighted by Crippen LogP contribution is -2.46.